The zero-order chi connectivity index (χ0) is 11.7. The summed E-state index contributed by atoms with van der Waals surface area (Å²) in [7, 11) is 0. The lowest BCUT2D eigenvalue weighted by molar-refractivity contribution is 0.224. The van der Waals surface area contributed by atoms with Crippen LogP contribution in [0.15, 0.2) is 18.2 Å². The predicted octanol–water partition coefficient (Wildman–Crippen LogP) is 4.08. The first-order valence-corrected chi connectivity index (χ1v) is 7.63. The van der Waals surface area contributed by atoms with E-state index in [0.717, 1.165) is 13.1 Å². The van der Waals surface area contributed by atoms with Crippen LogP contribution in [0.3, 0.4) is 0 Å². The molecule has 1 spiro atoms. The van der Waals surface area contributed by atoms with Crippen molar-refractivity contribution in [2.75, 3.05) is 23.7 Å². The van der Waals surface area contributed by atoms with E-state index in [9.17, 15) is 0 Å². The third-order valence-corrected chi connectivity index (χ3v) is 4.87. The minimum Gasteiger partial charge on any atom is -0.383 e. The number of hydrogen-bond acceptors (Lipinski definition) is 2. The normalized spacial score (nSPS) is 22.2. The minimum atomic E-state index is 0.489. The molecule has 92 valence electrons. The maximum absolute atomic E-state index is 3.66. The second-order valence-corrected chi connectivity index (χ2v) is 6.70. The summed E-state index contributed by atoms with van der Waals surface area (Å²) in [6.07, 6.45) is 6.97. The molecule has 0 saturated heterocycles. The van der Waals surface area contributed by atoms with Gasteiger partial charge in [-0.2, -0.15) is 0 Å². The first kappa shape index (κ1) is 11.6. The quantitative estimate of drug-likeness (QED) is 0.695. The molecule has 1 aliphatic carbocycles. The highest BCUT2D eigenvalue weighted by Gasteiger charge is 2.33. The highest BCUT2D eigenvalue weighted by atomic mass is 127. The summed E-state index contributed by atoms with van der Waals surface area (Å²) in [5.41, 5.74) is 3.04. The molecule has 1 aromatic rings. The Kier molecular flexibility index (Phi) is 3.19. The summed E-state index contributed by atoms with van der Waals surface area (Å²) in [5.74, 6) is 0. The monoisotopic (exact) mass is 342 g/mol. The molecule has 1 saturated carbocycles. The summed E-state index contributed by atoms with van der Waals surface area (Å²) >= 11 is 2.38. The molecule has 0 bridgehead atoms. The van der Waals surface area contributed by atoms with E-state index in [2.05, 4.69) is 51.4 Å². The zero-order valence-corrected chi connectivity index (χ0v) is 12.2. The summed E-state index contributed by atoms with van der Waals surface area (Å²) in [5, 5.41) is 7.31. The minimum absolute atomic E-state index is 0.489. The fourth-order valence-corrected chi connectivity index (χ4v) is 3.59. The van der Waals surface area contributed by atoms with Gasteiger partial charge in [0.05, 0.1) is 11.4 Å². The van der Waals surface area contributed by atoms with Gasteiger partial charge in [-0.15, -0.1) is 0 Å². The molecule has 1 heterocycles. The topological polar surface area (TPSA) is 24.1 Å². The van der Waals surface area contributed by atoms with Crippen molar-refractivity contribution < 1.29 is 0 Å². The average Bonchev–Trinajstić information content (AvgIpc) is 2.52. The van der Waals surface area contributed by atoms with E-state index in [-0.39, 0.29) is 0 Å². The summed E-state index contributed by atoms with van der Waals surface area (Å²) in [6.45, 7) is 2.26. The predicted molar refractivity (Wildman–Crippen MR) is 81.7 cm³/mol. The Balaban J connectivity index is 1.82. The van der Waals surface area contributed by atoms with Crippen molar-refractivity contribution in [1.29, 1.82) is 0 Å². The molecule has 0 atom stereocenters. The van der Waals surface area contributed by atoms with Gasteiger partial charge in [0.15, 0.2) is 0 Å². The lowest BCUT2D eigenvalue weighted by atomic mass is 9.74. The van der Waals surface area contributed by atoms with E-state index in [1.54, 1.807) is 0 Å². The van der Waals surface area contributed by atoms with Crippen LogP contribution in [0.5, 0.6) is 0 Å². The number of fused-ring (bicyclic) bond motifs is 1. The van der Waals surface area contributed by atoms with Gasteiger partial charge in [-0.3, -0.25) is 0 Å². The molecule has 0 radical (unpaired) electrons. The number of hydrogen-bond donors (Lipinski definition) is 2. The fraction of sp³-hybridized carbons (Fsp3) is 0.571. The summed E-state index contributed by atoms with van der Waals surface area (Å²) in [4.78, 5) is 0. The third-order valence-electron chi connectivity index (χ3n) is 4.20. The van der Waals surface area contributed by atoms with Gasteiger partial charge in [-0.25, -0.2) is 0 Å². The molecule has 1 aromatic carbocycles. The molecule has 3 heteroatoms. The lowest BCUT2D eigenvalue weighted by Gasteiger charge is -2.36. The van der Waals surface area contributed by atoms with E-state index in [4.69, 9.17) is 0 Å². The van der Waals surface area contributed by atoms with Crippen LogP contribution in [0.1, 0.15) is 32.1 Å². The Morgan fingerprint density at radius 3 is 2.41 bits per heavy atom. The maximum atomic E-state index is 3.66. The number of halogens is 1. The Morgan fingerprint density at radius 1 is 0.941 bits per heavy atom. The number of benzene rings is 1. The molecule has 2 nitrogen and oxygen atoms in total. The van der Waals surface area contributed by atoms with Crippen LogP contribution in [-0.4, -0.2) is 13.1 Å². The van der Waals surface area contributed by atoms with Crippen molar-refractivity contribution in [3.8, 4) is 0 Å². The van der Waals surface area contributed by atoms with Crippen molar-refractivity contribution in [1.82, 2.24) is 0 Å². The molecular weight excluding hydrogens is 323 g/mol. The van der Waals surface area contributed by atoms with Crippen LogP contribution < -0.4 is 10.6 Å². The Bertz CT molecular complexity index is 411. The largest absolute Gasteiger partial charge is 0.383 e. The van der Waals surface area contributed by atoms with Gasteiger partial charge in [0.25, 0.3) is 0 Å². The highest BCUT2D eigenvalue weighted by Crippen LogP contribution is 2.39. The van der Waals surface area contributed by atoms with Crippen LogP contribution in [-0.2, 0) is 0 Å². The maximum Gasteiger partial charge on any atom is 0.0586 e. The van der Waals surface area contributed by atoms with Crippen LogP contribution >= 0.6 is 22.6 Å². The summed E-state index contributed by atoms with van der Waals surface area (Å²) < 4.78 is 1.30. The van der Waals surface area contributed by atoms with E-state index >= 15 is 0 Å². The van der Waals surface area contributed by atoms with Crippen LogP contribution in [0.4, 0.5) is 11.4 Å². The first-order valence-electron chi connectivity index (χ1n) is 6.55. The average molecular weight is 342 g/mol. The zero-order valence-electron chi connectivity index (χ0n) is 10.1. The van der Waals surface area contributed by atoms with Crippen LogP contribution in [0.25, 0.3) is 0 Å². The SMILES string of the molecule is Ic1ccc2c(c1)NCC1(CCCCC1)CN2. The van der Waals surface area contributed by atoms with E-state index < -0.39 is 0 Å². The van der Waals surface area contributed by atoms with Gasteiger partial charge in [0.2, 0.25) is 0 Å². The molecule has 0 amide bonds. The molecule has 0 unspecified atom stereocenters. The van der Waals surface area contributed by atoms with Crippen molar-refractivity contribution in [2.24, 2.45) is 5.41 Å². The van der Waals surface area contributed by atoms with Crippen molar-refractivity contribution in [2.45, 2.75) is 32.1 Å². The van der Waals surface area contributed by atoms with E-state index in [1.807, 2.05) is 0 Å². The van der Waals surface area contributed by atoms with Gasteiger partial charge >= 0.3 is 0 Å². The second-order valence-electron chi connectivity index (χ2n) is 5.46. The number of nitrogens with one attached hydrogen (secondary N) is 2. The Morgan fingerprint density at radius 2 is 1.65 bits per heavy atom. The number of anilines is 2. The smallest absolute Gasteiger partial charge is 0.0586 e. The lowest BCUT2D eigenvalue weighted by Crippen LogP contribution is -2.36. The van der Waals surface area contributed by atoms with E-state index in [0.29, 0.717) is 5.41 Å². The first-order chi connectivity index (χ1) is 8.27. The Labute approximate surface area is 117 Å². The fourth-order valence-electron chi connectivity index (χ4n) is 3.10. The molecular formula is C14H19IN2. The highest BCUT2D eigenvalue weighted by molar-refractivity contribution is 14.1. The summed E-state index contributed by atoms with van der Waals surface area (Å²) in [6, 6.07) is 6.61. The van der Waals surface area contributed by atoms with Crippen molar-refractivity contribution >= 4 is 34.0 Å². The number of rotatable bonds is 0. The van der Waals surface area contributed by atoms with Crippen molar-refractivity contribution in [3.05, 3.63) is 21.8 Å². The van der Waals surface area contributed by atoms with Gasteiger partial charge in [0.1, 0.15) is 0 Å². The second kappa shape index (κ2) is 4.67. The molecule has 1 aliphatic heterocycles. The van der Waals surface area contributed by atoms with Gasteiger partial charge in [-0.1, -0.05) is 19.3 Å². The molecule has 3 rings (SSSR count). The van der Waals surface area contributed by atoms with Crippen molar-refractivity contribution in [3.63, 3.8) is 0 Å². The standard InChI is InChI=1S/C14H19IN2/c15-11-4-5-12-13(8-11)17-10-14(9-16-12)6-2-1-3-7-14/h4-5,8,16-17H,1-3,6-7,9-10H2. The third kappa shape index (κ3) is 2.39. The van der Waals surface area contributed by atoms with Gasteiger partial charge in [-0.05, 0) is 53.6 Å². The van der Waals surface area contributed by atoms with E-state index in [1.165, 1.54) is 47.0 Å². The van der Waals surface area contributed by atoms with Crippen LogP contribution in [0.2, 0.25) is 0 Å². The molecule has 2 N–H and O–H groups in total. The molecule has 1 fully saturated rings. The van der Waals surface area contributed by atoms with Crippen LogP contribution in [0, 0.1) is 8.99 Å². The molecule has 2 aliphatic rings. The Hall–Kier alpha value is -0.450. The van der Waals surface area contributed by atoms with Gasteiger partial charge < -0.3 is 10.6 Å². The molecule has 17 heavy (non-hydrogen) atoms. The van der Waals surface area contributed by atoms with Gasteiger partial charge in [0, 0.05) is 22.1 Å². The molecule has 0 aromatic heterocycles.